The summed E-state index contributed by atoms with van der Waals surface area (Å²) in [7, 11) is 0. The fraction of sp³-hybridized carbons (Fsp3) is 0.462. The summed E-state index contributed by atoms with van der Waals surface area (Å²) in [5.74, 6) is -0.348. The number of carbonyl (C=O) groups excluding carboxylic acids is 1. The molecule has 112 valence electrons. The number of carbonyl (C=O) groups is 1. The zero-order valence-electron chi connectivity index (χ0n) is 10.9. The molecule has 1 aromatic rings. The second-order valence-electron chi connectivity index (χ2n) is 4.68. The van der Waals surface area contributed by atoms with Crippen LogP contribution < -0.4 is 5.32 Å². The van der Waals surface area contributed by atoms with E-state index in [4.69, 9.17) is 0 Å². The van der Waals surface area contributed by atoms with Crippen LogP contribution in [0.15, 0.2) is 24.3 Å². The Labute approximate surface area is 121 Å². The van der Waals surface area contributed by atoms with Crippen LogP contribution in [0.4, 0.5) is 13.2 Å². The Hall–Kier alpha value is -1.27. The van der Waals surface area contributed by atoms with Crippen molar-refractivity contribution < 1.29 is 18.0 Å². The average molecular weight is 309 g/mol. The maximum Gasteiger partial charge on any atom is 0.416 e. The molecule has 1 aliphatic rings. The van der Waals surface area contributed by atoms with Gasteiger partial charge in [-0.25, -0.2) is 0 Å². The van der Waals surface area contributed by atoms with Crippen LogP contribution in [0.1, 0.15) is 22.8 Å². The quantitative estimate of drug-likeness (QED) is 0.865. The summed E-state index contributed by atoms with van der Waals surface area (Å²) < 4.78 is 37.8. The molecule has 1 aliphatic heterocycles. The number of nitrogens with zero attached hydrogens (tertiary/aromatic N) is 1. The third-order valence-corrected chi connectivity index (χ3v) is 3.09. The molecule has 7 heteroatoms. The number of nitrogens with one attached hydrogen (secondary N) is 1. The molecule has 1 saturated heterocycles. The van der Waals surface area contributed by atoms with Crippen LogP contribution in [0.25, 0.3) is 0 Å². The second-order valence-corrected chi connectivity index (χ2v) is 4.68. The first kappa shape index (κ1) is 16.8. The zero-order chi connectivity index (χ0) is 14.0. The Kier molecular flexibility index (Phi) is 5.42. The number of hydrogen-bond donors (Lipinski definition) is 1. The third kappa shape index (κ3) is 3.86. The van der Waals surface area contributed by atoms with Crippen LogP contribution in [0.5, 0.6) is 0 Å². The van der Waals surface area contributed by atoms with E-state index in [1.54, 1.807) is 4.90 Å². The van der Waals surface area contributed by atoms with Crippen molar-refractivity contribution in [3.63, 3.8) is 0 Å². The van der Waals surface area contributed by atoms with Gasteiger partial charge in [0, 0.05) is 31.2 Å². The molecular formula is C13H16ClF3N2O. The molecule has 20 heavy (non-hydrogen) atoms. The van der Waals surface area contributed by atoms with Crippen molar-refractivity contribution >= 4 is 18.3 Å². The minimum atomic E-state index is -4.42. The molecule has 0 aromatic heterocycles. The number of benzene rings is 1. The average Bonchev–Trinajstić information content (AvgIpc) is 2.37. The summed E-state index contributed by atoms with van der Waals surface area (Å²) in [6.07, 6.45) is -4.42. The van der Waals surface area contributed by atoms with Gasteiger partial charge in [0.05, 0.1) is 5.56 Å². The van der Waals surface area contributed by atoms with Crippen molar-refractivity contribution in [1.82, 2.24) is 10.2 Å². The predicted molar refractivity (Wildman–Crippen MR) is 72.1 cm³/mol. The van der Waals surface area contributed by atoms with E-state index in [-0.39, 0.29) is 29.9 Å². The smallest absolute Gasteiger partial charge is 0.336 e. The van der Waals surface area contributed by atoms with Gasteiger partial charge >= 0.3 is 6.18 Å². The summed E-state index contributed by atoms with van der Waals surface area (Å²) >= 11 is 0. The lowest BCUT2D eigenvalue weighted by atomic mass is 10.1. The van der Waals surface area contributed by atoms with Gasteiger partial charge in [0.15, 0.2) is 0 Å². The first-order chi connectivity index (χ1) is 8.88. The standard InChI is InChI=1S/C13H15F3N2O.ClH/c1-9-8-18(6-5-17-9)12(19)10-3-2-4-11(7-10)13(14,15)16;/h2-4,7,9,17H,5-6,8H2,1H3;1H/t9-;/m0./s1. The van der Waals surface area contributed by atoms with Crippen LogP contribution in [-0.2, 0) is 6.18 Å². The van der Waals surface area contributed by atoms with E-state index >= 15 is 0 Å². The summed E-state index contributed by atoms with van der Waals surface area (Å²) in [6, 6.07) is 4.72. The van der Waals surface area contributed by atoms with E-state index in [1.165, 1.54) is 12.1 Å². The lowest BCUT2D eigenvalue weighted by Crippen LogP contribution is -2.51. The Morgan fingerprint density at radius 1 is 1.40 bits per heavy atom. The molecule has 0 unspecified atom stereocenters. The molecule has 2 rings (SSSR count). The van der Waals surface area contributed by atoms with Crippen LogP contribution >= 0.6 is 12.4 Å². The Morgan fingerprint density at radius 2 is 2.10 bits per heavy atom. The van der Waals surface area contributed by atoms with E-state index in [1.807, 2.05) is 6.92 Å². The summed E-state index contributed by atoms with van der Waals surface area (Å²) in [6.45, 7) is 3.62. The number of rotatable bonds is 1. The van der Waals surface area contributed by atoms with Crippen molar-refractivity contribution in [1.29, 1.82) is 0 Å². The topological polar surface area (TPSA) is 32.3 Å². The van der Waals surface area contributed by atoms with Crippen molar-refractivity contribution in [3.8, 4) is 0 Å². The lowest BCUT2D eigenvalue weighted by molar-refractivity contribution is -0.137. The van der Waals surface area contributed by atoms with E-state index < -0.39 is 11.7 Å². The molecule has 1 fully saturated rings. The van der Waals surface area contributed by atoms with Crippen molar-refractivity contribution in [2.45, 2.75) is 19.1 Å². The summed E-state index contributed by atoms with van der Waals surface area (Å²) in [5, 5.41) is 3.18. The van der Waals surface area contributed by atoms with Crippen molar-refractivity contribution in [3.05, 3.63) is 35.4 Å². The van der Waals surface area contributed by atoms with Gasteiger partial charge in [-0.2, -0.15) is 13.2 Å². The molecule has 0 aliphatic carbocycles. The molecule has 1 aromatic carbocycles. The third-order valence-electron chi connectivity index (χ3n) is 3.09. The van der Waals surface area contributed by atoms with Gasteiger partial charge in [-0.05, 0) is 25.1 Å². The van der Waals surface area contributed by atoms with E-state index in [0.717, 1.165) is 12.1 Å². The van der Waals surface area contributed by atoms with E-state index in [9.17, 15) is 18.0 Å². The monoisotopic (exact) mass is 308 g/mol. The molecule has 0 radical (unpaired) electrons. The molecule has 0 bridgehead atoms. The van der Waals surface area contributed by atoms with Gasteiger partial charge in [-0.15, -0.1) is 12.4 Å². The lowest BCUT2D eigenvalue weighted by Gasteiger charge is -2.32. The van der Waals surface area contributed by atoms with Crippen LogP contribution in [-0.4, -0.2) is 36.5 Å². The highest BCUT2D eigenvalue weighted by molar-refractivity contribution is 5.94. The van der Waals surface area contributed by atoms with Gasteiger partial charge in [0.2, 0.25) is 0 Å². The molecule has 1 atom stereocenters. The molecule has 1 N–H and O–H groups in total. The molecule has 0 saturated carbocycles. The van der Waals surface area contributed by atoms with Gasteiger partial charge in [0.1, 0.15) is 0 Å². The minimum absolute atomic E-state index is 0. The molecule has 1 amide bonds. The molecule has 3 nitrogen and oxygen atoms in total. The SMILES string of the molecule is C[C@H]1CN(C(=O)c2cccc(C(F)(F)F)c2)CCN1.Cl. The van der Waals surface area contributed by atoms with Crippen molar-refractivity contribution in [2.75, 3.05) is 19.6 Å². The number of amides is 1. The maximum atomic E-state index is 12.6. The van der Waals surface area contributed by atoms with Crippen LogP contribution in [0.3, 0.4) is 0 Å². The highest BCUT2D eigenvalue weighted by Gasteiger charge is 2.31. The van der Waals surface area contributed by atoms with Gasteiger partial charge in [-0.3, -0.25) is 4.79 Å². The van der Waals surface area contributed by atoms with E-state index in [0.29, 0.717) is 19.6 Å². The molecule has 1 heterocycles. The number of alkyl halides is 3. The van der Waals surface area contributed by atoms with Crippen molar-refractivity contribution in [2.24, 2.45) is 0 Å². The highest BCUT2D eigenvalue weighted by atomic mass is 35.5. The highest BCUT2D eigenvalue weighted by Crippen LogP contribution is 2.29. The largest absolute Gasteiger partial charge is 0.416 e. The second kappa shape index (κ2) is 6.45. The van der Waals surface area contributed by atoms with E-state index in [2.05, 4.69) is 5.32 Å². The number of halogens is 4. The minimum Gasteiger partial charge on any atom is -0.336 e. The van der Waals surface area contributed by atoms with Crippen LogP contribution in [0, 0.1) is 0 Å². The Balaban J connectivity index is 0.00000200. The summed E-state index contributed by atoms with van der Waals surface area (Å²) in [4.78, 5) is 13.7. The number of piperazine rings is 1. The van der Waals surface area contributed by atoms with Gasteiger partial charge in [-0.1, -0.05) is 6.07 Å². The number of hydrogen-bond acceptors (Lipinski definition) is 2. The molecule has 0 spiro atoms. The Morgan fingerprint density at radius 3 is 2.70 bits per heavy atom. The zero-order valence-corrected chi connectivity index (χ0v) is 11.7. The fourth-order valence-corrected chi connectivity index (χ4v) is 2.13. The normalized spacial score (nSPS) is 19.4. The summed E-state index contributed by atoms with van der Waals surface area (Å²) in [5.41, 5.74) is -0.703. The van der Waals surface area contributed by atoms with Gasteiger partial charge in [0.25, 0.3) is 5.91 Å². The predicted octanol–water partition coefficient (Wildman–Crippen LogP) is 2.56. The molecular weight excluding hydrogens is 293 g/mol. The first-order valence-electron chi connectivity index (χ1n) is 6.08. The van der Waals surface area contributed by atoms with Crippen LogP contribution in [0.2, 0.25) is 0 Å². The maximum absolute atomic E-state index is 12.6. The fourth-order valence-electron chi connectivity index (χ4n) is 2.13. The first-order valence-corrected chi connectivity index (χ1v) is 6.08. The Bertz CT molecular complexity index is 479. The van der Waals surface area contributed by atoms with Gasteiger partial charge < -0.3 is 10.2 Å².